The number of carbonyl (C=O) groups is 1. The number of ether oxygens (including phenoxy) is 1. The van der Waals surface area contributed by atoms with Gasteiger partial charge in [-0.2, -0.15) is 13.2 Å². The molecule has 0 saturated carbocycles. The molecular weight excluding hydrogens is 245 g/mol. The summed E-state index contributed by atoms with van der Waals surface area (Å²) in [4.78, 5) is 11.1. The summed E-state index contributed by atoms with van der Waals surface area (Å²) in [5.74, 6) is 0.462. The molecule has 0 aliphatic carbocycles. The minimum atomic E-state index is -4.14. The molecule has 0 amide bonds. The van der Waals surface area contributed by atoms with Crippen molar-refractivity contribution in [2.24, 2.45) is 0 Å². The van der Waals surface area contributed by atoms with Gasteiger partial charge in [0.25, 0.3) is 0 Å². The normalized spacial score (nSPS) is 11.4. The number of hydrogen-bond acceptors (Lipinski definition) is 2. The van der Waals surface area contributed by atoms with Gasteiger partial charge in [0.05, 0.1) is 6.61 Å². The summed E-state index contributed by atoms with van der Waals surface area (Å²) in [5.41, 5.74) is 1.31. The van der Waals surface area contributed by atoms with Gasteiger partial charge in [0.2, 0.25) is 0 Å². The number of aryl methyl sites for hydroxylation is 1. The van der Waals surface area contributed by atoms with Crippen LogP contribution in [-0.4, -0.2) is 18.6 Å². The number of benzene rings is 1. The molecular formula is C13H15F3O2. The monoisotopic (exact) mass is 260 g/mol. The number of rotatable bonds is 5. The van der Waals surface area contributed by atoms with Crippen LogP contribution in [0.2, 0.25) is 0 Å². The fraction of sp³-hybridized carbons (Fsp3) is 0.462. The highest BCUT2D eigenvalue weighted by Gasteiger charge is 2.26. The highest BCUT2D eigenvalue weighted by Crippen LogP contribution is 2.23. The first kappa shape index (κ1) is 14.5. The van der Waals surface area contributed by atoms with Crippen molar-refractivity contribution < 1.29 is 22.7 Å². The molecule has 0 aliphatic heterocycles. The molecule has 0 spiro atoms. The van der Waals surface area contributed by atoms with Gasteiger partial charge in [-0.3, -0.25) is 4.79 Å². The highest BCUT2D eigenvalue weighted by atomic mass is 19.4. The summed E-state index contributed by atoms with van der Waals surface area (Å²) in [6, 6.07) is 4.88. The van der Waals surface area contributed by atoms with Crippen LogP contribution in [0.5, 0.6) is 5.75 Å². The molecule has 0 heterocycles. The summed E-state index contributed by atoms with van der Waals surface area (Å²) in [6.45, 7) is 3.23. The quantitative estimate of drug-likeness (QED) is 0.592. The fourth-order valence-corrected chi connectivity index (χ4v) is 1.49. The van der Waals surface area contributed by atoms with E-state index in [-0.39, 0.29) is 18.8 Å². The van der Waals surface area contributed by atoms with E-state index in [9.17, 15) is 18.0 Å². The van der Waals surface area contributed by atoms with Crippen molar-refractivity contribution in [3.8, 4) is 5.75 Å². The average Bonchev–Trinajstić information content (AvgIpc) is 2.24. The second-order valence-corrected chi connectivity index (χ2v) is 4.10. The number of carbonyl (C=O) groups excluding carboxylic acids is 1. The van der Waals surface area contributed by atoms with Crippen LogP contribution in [0.15, 0.2) is 18.2 Å². The van der Waals surface area contributed by atoms with Crippen molar-refractivity contribution >= 4 is 5.78 Å². The van der Waals surface area contributed by atoms with Crippen LogP contribution in [0.25, 0.3) is 0 Å². The van der Waals surface area contributed by atoms with E-state index in [1.807, 2.05) is 0 Å². The predicted octanol–water partition coefficient (Wildman–Crippen LogP) is 3.92. The molecule has 0 bridgehead atoms. The molecule has 0 aromatic heterocycles. The lowest BCUT2D eigenvalue weighted by Gasteiger charge is -2.10. The van der Waals surface area contributed by atoms with Gasteiger partial charge in [-0.05, 0) is 44.0 Å². The van der Waals surface area contributed by atoms with Gasteiger partial charge in [0.1, 0.15) is 5.75 Å². The van der Waals surface area contributed by atoms with Gasteiger partial charge in [-0.1, -0.05) is 0 Å². The molecule has 18 heavy (non-hydrogen) atoms. The lowest BCUT2D eigenvalue weighted by atomic mass is 10.1. The van der Waals surface area contributed by atoms with E-state index in [1.165, 1.54) is 6.92 Å². The third-order valence-corrected chi connectivity index (χ3v) is 2.44. The Morgan fingerprint density at radius 2 is 2.00 bits per heavy atom. The SMILES string of the molecule is CC(=O)c1ccc(OCCCC(F)(F)F)c(C)c1. The third kappa shape index (κ3) is 4.77. The Labute approximate surface area is 104 Å². The fourth-order valence-electron chi connectivity index (χ4n) is 1.49. The number of alkyl halides is 3. The lowest BCUT2D eigenvalue weighted by molar-refractivity contribution is -0.136. The van der Waals surface area contributed by atoms with Gasteiger partial charge in [0, 0.05) is 12.0 Å². The summed E-state index contributed by atoms with van der Waals surface area (Å²) in [7, 11) is 0. The molecule has 0 radical (unpaired) electrons. The Morgan fingerprint density at radius 3 is 2.50 bits per heavy atom. The van der Waals surface area contributed by atoms with E-state index < -0.39 is 12.6 Å². The van der Waals surface area contributed by atoms with Crippen LogP contribution in [0, 0.1) is 6.92 Å². The van der Waals surface area contributed by atoms with E-state index in [0.717, 1.165) is 5.56 Å². The maximum absolute atomic E-state index is 11.9. The molecule has 0 saturated heterocycles. The van der Waals surface area contributed by atoms with E-state index in [1.54, 1.807) is 25.1 Å². The molecule has 0 unspecified atom stereocenters. The molecule has 2 nitrogen and oxygen atoms in total. The molecule has 0 aliphatic rings. The van der Waals surface area contributed by atoms with E-state index in [4.69, 9.17) is 4.74 Å². The Hall–Kier alpha value is -1.52. The smallest absolute Gasteiger partial charge is 0.389 e. The maximum Gasteiger partial charge on any atom is 0.389 e. The standard InChI is InChI=1S/C13H15F3O2/c1-9-8-11(10(2)17)4-5-12(9)18-7-3-6-13(14,15)16/h4-5,8H,3,6-7H2,1-2H3. The van der Waals surface area contributed by atoms with E-state index in [2.05, 4.69) is 0 Å². The lowest BCUT2D eigenvalue weighted by Crippen LogP contribution is -2.10. The number of halogens is 3. The van der Waals surface area contributed by atoms with Crippen molar-refractivity contribution in [3.05, 3.63) is 29.3 Å². The summed E-state index contributed by atoms with van der Waals surface area (Å²) in [5, 5.41) is 0. The van der Waals surface area contributed by atoms with Gasteiger partial charge in [-0.25, -0.2) is 0 Å². The zero-order valence-corrected chi connectivity index (χ0v) is 10.3. The van der Waals surface area contributed by atoms with Gasteiger partial charge >= 0.3 is 6.18 Å². The van der Waals surface area contributed by atoms with Crippen LogP contribution < -0.4 is 4.74 Å². The highest BCUT2D eigenvalue weighted by molar-refractivity contribution is 5.94. The Balaban J connectivity index is 2.51. The van der Waals surface area contributed by atoms with Gasteiger partial charge < -0.3 is 4.74 Å². The minimum Gasteiger partial charge on any atom is -0.493 e. The first-order valence-electron chi connectivity index (χ1n) is 5.61. The number of Topliss-reactive ketones (excluding diaryl/α,β-unsaturated/α-hetero) is 1. The molecule has 0 N–H and O–H groups in total. The Morgan fingerprint density at radius 1 is 1.33 bits per heavy atom. The van der Waals surface area contributed by atoms with Gasteiger partial charge in [0.15, 0.2) is 5.78 Å². The molecule has 1 aromatic carbocycles. The first-order valence-corrected chi connectivity index (χ1v) is 5.61. The van der Waals surface area contributed by atoms with Crippen LogP contribution >= 0.6 is 0 Å². The van der Waals surface area contributed by atoms with Crippen molar-refractivity contribution in [2.75, 3.05) is 6.61 Å². The van der Waals surface area contributed by atoms with Crippen molar-refractivity contribution in [3.63, 3.8) is 0 Å². The van der Waals surface area contributed by atoms with Crippen LogP contribution in [0.3, 0.4) is 0 Å². The van der Waals surface area contributed by atoms with E-state index in [0.29, 0.717) is 11.3 Å². The zero-order chi connectivity index (χ0) is 13.8. The average molecular weight is 260 g/mol. The van der Waals surface area contributed by atoms with Gasteiger partial charge in [-0.15, -0.1) is 0 Å². The largest absolute Gasteiger partial charge is 0.493 e. The van der Waals surface area contributed by atoms with Crippen molar-refractivity contribution in [1.82, 2.24) is 0 Å². The summed E-state index contributed by atoms with van der Waals surface area (Å²) >= 11 is 0. The second-order valence-electron chi connectivity index (χ2n) is 4.10. The van der Waals surface area contributed by atoms with Crippen molar-refractivity contribution in [2.45, 2.75) is 32.9 Å². The van der Waals surface area contributed by atoms with Crippen molar-refractivity contribution in [1.29, 1.82) is 0 Å². The molecule has 1 rings (SSSR count). The predicted molar refractivity (Wildman–Crippen MR) is 62.0 cm³/mol. The van der Waals surface area contributed by atoms with Crippen LogP contribution in [0.1, 0.15) is 35.7 Å². The Bertz CT molecular complexity index is 425. The van der Waals surface area contributed by atoms with E-state index >= 15 is 0 Å². The first-order chi connectivity index (χ1) is 8.29. The number of ketones is 1. The molecule has 100 valence electrons. The second kappa shape index (κ2) is 5.89. The molecule has 0 fully saturated rings. The third-order valence-electron chi connectivity index (χ3n) is 2.44. The van der Waals surface area contributed by atoms with Crippen LogP contribution in [-0.2, 0) is 0 Å². The Kier molecular flexibility index (Phi) is 4.76. The summed E-state index contributed by atoms with van der Waals surface area (Å²) in [6.07, 6.45) is -5.06. The molecule has 0 atom stereocenters. The molecule has 5 heteroatoms. The number of hydrogen-bond donors (Lipinski definition) is 0. The molecule has 1 aromatic rings. The zero-order valence-electron chi connectivity index (χ0n) is 10.3. The minimum absolute atomic E-state index is 0.0137. The maximum atomic E-state index is 11.9. The summed E-state index contributed by atoms with van der Waals surface area (Å²) < 4.78 is 41.0. The van der Waals surface area contributed by atoms with Crippen LogP contribution in [0.4, 0.5) is 13.2 Å². The topological polar surface area (TPSA) is 26.3 Å².